The molecule has 0 bridgehead atoms. The molecule has 1 aliphatic heterocycles. The van der Waals surface area contributed by atoms with Gasteiger partial charge in [0.1, 0.15) is 11.6 Å². The lowest BCUT2D eigenvalue weighted by atomic mass is 10.1. The van der Waals surface area contributed by atoms with Gasteiger partial charge in [0, 0.05) is 18.4 Å². The molecule has 1 aromatic heterocycles. The molecule has 0 atom stereocenters. The van der Waals surface area contributed by atoms with E-state index in [1.165, 1.54) is 23.9 Å². The Labute approximate surface area is 174 Å². The molecular weight excluding hydrogens is 408 g/mol. The van der Waals surface area contributed by atoms with E-state index >= 15 is 0 Å². The molecule has 1 aliphatic rings. The normalized spacial score (nSPS) is 15.3. The number of nitrogens with one attached hydrogen (secondary N) is 2. The fourth-order valence-electron chi connectivity index (χ4n) is 2.60. The zero-order valence-electron chi connectivity index (χ0n) is 15.7. The van der Waals surface area contributed by atoms with Crippen molar-refractivity contribution in [3.63, 3.8) is 0 Å². The molecule has 0 fully saturated rings. The Morgan fingerprint density at radius 3 is 2.69 bits per heavy atom. The first-order valence-electron chi connectivity index (χ1n) is 8.87. The van der Waals surface area contributed by atoms with Gasteiger partial charge in [-0.3, -0.25) is 0 Å². The van der Waals surface area contributed by atoms with Crippen LogP contribution in [0.4, 0.5) is 5.95 Å². The number of sulfonamides is 1. The van der Waals surface area contributed by atoms with Crippen molar-refractivity contribution >= 4 is 33.3 Å². The third kappa shape index (κ3) is 5.35. The van der Waals surface area contributed by atoms with Crippen LogP contribution in [-0.4, -0.2) is 24.9 Å². The van der Waals surface area contributed by atoms with Gasteiger partial charge in [-0.2, -0.15) is 5.26 Å². The molecule has 0 saturated heterocycles. The Morgan fingerprint density at radius 1 is 1.31 bits per heavy atom. The molecule has 0 radical (unpaired) electrons. The molecule has 2 heterocycles. The minimum Gasteiger partial charge on any atom is -0.354 e. The van der Waals surface area contributed by atoms with Crippen LogP contribution in [0.1, 0.15) is 24.6 Å². The predicted molar refractivity (Wildman–Crippen MR) is 114 cm³/mol. The number of primary sulfonamides is 1. The van der Waals surface area contributed by atoms with Crippen molar-refractivity contribution in [2.24, 2.45) is 5.14 Å². The number of hydrogen-bond acceptors (Lipinski definition) is 8. The lowest BCUT2D eigenvalue weighted by Crippen LogP contribution is -2.12. The van der Waals surface area contributed by atoms with Crippen molar-refractivity contribution in [2.45, 2.75) is 24.7 Å². The summed E-state index contributed by atoms with van der Waals surface area (Å²) >= 11 is 1.48. The summed E-state index contributed by atoms with van der Waals surface area (Å²) in [5.74, 6) is 0.420. The lowest BCUT2D eigenvalue weighted by molar-refractivity contribution is 0.598. The van der Waals surface area contributed by atoms with Crippen LogP contribution < -0.4 is 15.8 Å². The molecule has 29 heavy (non-hydrogen) atoms. The number of anilines is 1. The third-order valence-electron chi connectivity index (χ3n) is 4.17. The summed E-state index contributed by atoms with van der Waals surface area (Å²) < 4.78 is 22.6. The maximum absolute atomic E-state index is 11.3. The molecule has 10 heteroatoms. The highest BCUT2D eigenvalue weighted by molar-refractivity contribution is 8.06. The number of aromatic nitrogens is 2. The van der Waals surface area contributed by atoms with Crippen molar-refractivity contribution in [2.75, 3.05) is 11.9 Å². The summed E-state index contributed by atoms with van der Waals surface area (Å²) in [5.41, 5.74) is 3.03. The quantitative estimate of drug-likeness (QED) is 0.573. The second-order valence-electron chi connectivity index (χ2n) is 6.19. The van der Waals surface area contributed by atoms with E-state index in [2.05, 4.69) is 26.7 Å². The standard InChI is InChI=1S/C19H20N6O2S2/c1-2-14-12-28-18(24-14)16(11-20)17-8-10-23-19(25-17)22-9-7-13-3-5-15(6-4-13)29(21,26)27/h3-6,8,10,12,24H,2,7,9H2,1H3,(H2,21,26,27)(H,22,23,25). The molecule has 4 N–H and O–H groups in total. The maximum Gasteiger partial charge on any atom is 0.238 e. The molecule has 1 aromatic carbocycles. The maximum atomic E-state index is 11.3. The van der Waals surface area contributed by atoms with Gasteiger partial charge in [0.25, 0.3) is 0 Å². The fourth-order valence-corrected chi connectivity index (χ4v) is 4.06. The largest absolute Gasteiger partial charge is 0.354 e. The predicted octanol–water partition coefficient (Wildman–Crippen LogP) is 2.56. The average Bonchev–Trinajstić information content (AvgIpc) is 3.18. The molecule has 0 amide bonds. The third-order valence-corrected chi connectivity index (χ3v) is 6.05. The van der Waals surface area contributed by atoms with E-state index in [1.54, 1.807) is 24.4 Å². The van der Waals surface area contributed by atoms with Gasteiger partial charge < -0.3 is 10.6 Å². The number of nitrogens with zero attached hydrogens (tertiary/aromatic N) is 3. The average molecular weight is 429 g/mol. The van der Waals surface area contributed by atoms with Gasteiger partial charge in [0.2, 0.25) is 16.0 Å². The highest BCUT2D eigenvalue weighted by Gasteiger charge is 2.16. The van der Waals surface area contributed by atoms with E-state index in [9.17, 15) is 13.7 Å². The number of hydrogen-bond donors (Lipinski definition) is 3. The van der Waals surface area contributed by atoms with Gasteiger partial charge in [0.05, 0.1) is 15.6 Å². The van der Waals surface area contributed by atoms with E-state index in [-0.39, 0.29) is 4.90 Å². The summed E-state index contributed by atoms with van der Waals surface area (Å²) in [7, 11) is -3.69. The molecule has 150 valence electrons. The minimum absolute atomic E-state index is 0.0847. The Balaban J connectivity index is 1.65. The Morgan fingerprint density at radius 2 is 2.07 bits per heavy atom. The van der Waals surface area contributed by atoms with Crippen molar-refractivity contribution in [3.05, 3.63) is 63.9 Å². The smallest absolute Gasteiger partial charge is 0.238 e. The number of benzene rings is 1. The van der Waals surface area contributed by atoms with Gasteiger partial charge in [-0.15, -0.1) is 0 Å². The zero-order chi connectivity index (χ0) is 20.9. The number of nitrogens with two attached hydrogens (primary N) is 1. The highest BCUT2D eigenvalue weighted by Crippen LogP contribution is 2.31. The molecule has 0 aliphatic carbocycles. The van der Waals surface area contributed by atoms with Crippen molar-refractivity contribution < 1.29 is 8.42 Å². The fraction of sp³-hybridized carbons (Fsp3) is 0.211. The van der Waals surface area contributed by atoms with Crippen molar-refractivity contribution in [1.82, 2.24) is 15.3 Å². The van der Waals surface area contributed by atoms with Crippen LogP contribution in [0, 0.1) is 11.3 Å². The van der Waals surface area contributed by atoms with Crippen molar-refractivity contribution in [1.29, 1.82) is 5.26 Å². The van der Waals surface area contributed by atoms with Crippen LogP contribution >= 0.6 is 11.8 Å². The lowest BCUT2D eigenvalue weighted by Gasteiger charge is -2.08. The second kappa shape index (κ2) is 9.09. The van der Waals surface area contributed by atoms with Gasteiger partial charge in [-0.25, -0.2) is 23.5 Å². The molecule has 0 saturated carbocycles. The van der Waals surface area contributed by atoms with Gasteiger partial charge >= 0.3 is 0 Å². The number of thioether (sulfide) groups is 1. The number of allylic oxidation sites excluding steroid dienone is 2. The molecule has 2 aromatic rings. The second-order valence-corrected chi connectivity index (χ2v) is 8.63. The first-order valence-corrected chi connectivity index (χ1v) is 11.3. The zero-order valence-corrected chi connectivity index (χ0v) is 17.3. The highest BCUT2D eigenvalue weighted by atomic mass is 32.2. The van der Waals surface area contributed by atoms with Crippen LogP contribution in [0.15, 0.2) is 57.6 Å². The molecule has 0 unspecified atom stereocenters. The van der Waals surface area contributed by atoms with Crippen LogP contribution in [0.2, 0.25) is 0 Å². The molecular formula is C19H20N6O2S2. The number of nitriles is 1. The van der Waals surface area contributed by atoms with E-state index in [4.69, 9.17) is 5.14 Å². The van der Waals surface area contributed by atoms with Gasteiger partial charge in [-0.1, -0.05) is 30.8 Å². The van der Waals surface area contributed by atoms with E-state index < -0.39 is 10.0 Å². The van der Waals surface area contributed by atoms with Crippen molar-refractivity contribution in [3.8, 4) is 6.07 Å². The topological polar surface area (TPSA) is 134 Å². The Hall–Kier alpha value is -2.87. The van der Waals surface area contributed by atoms with Gasteiger partial charge in [0.15, 0.2) is 0 Å². The molecule has 3 rings (SSSR count). The van der Waals surface area contributed by atoms with Crippen LogP contribution in [0.3, 0.4) is 0 Å². The summed E-state index contributed by atoms with van der Waals surface area (Å²) in [6.45, 7) is 2.59. The van der Waals surface area contributed by atoms with Crippen LogP contribution in [0.5, 0.6) is 0 Å². The van der Waals surface area contributed by atoms with E-state index in [1.807, 2.05) is 12.3 Å². The van der Waals surface area contributed by atoms with Crippen LogP contribution in [-0.2, 0) is 16.4 Å². The monoisotopic (exact) mass is 428 g/mol. The summed E-state index contributed by atoms with van der Waals surface area (Å²) in [6, 6.07) is 10.3. The summed E-state index contributed by atoms with van der Waals surface area (Å²) in [6.07, 6.45) is 3.12. The SMILES string of the molecule is CCC1=CSC(=C(C#N)c2ccnc(NCCc3ccc(S(N)(=O)=O)cc3)n2)N1. The first-order chi connectivity index (χ1) is 13.9. The summed E-state index contributed by atoms with van der Waals surface area (Å²) in [5, 5.41) is 23.8. The Bertz CT molecular complexity index is 1100. The molecule has 8 nitrogen and oxygen atoms in total. The first kappa shape index (κ1) is 20.9. The Kier molecular flexibility index (Phi) is 6.53. The van der Waals surface area contributed by atoms with Gasteiger partial charge in [-0.05, 0) is 42.0 Å². The summed E-state index contributed by atoms with van der Waals surface area (Å²) in [4.78, 5) is 8.73. The van der Waals surface area contributed by atoms with Crippen LogP contribution in [0.25, 0.3) is 5.57 Å². The van der Waals surface area contributed by atoms with E-state index in [0.29, 0.717) is 30.2 Å². The van der Waals surface area contributed by atoms with E-state index in [0.717, 1.165) is 22.7 Å². The minimum atomic E-state index is -3.69. The molecule has 0 spiro atoms. The number of rotatable bonds is 7.